The number of hydrogen-bond donors (Lipinski definition) is 1. The number of nitrogens with two attached hydrogens (primary N) is 1. The Morgan fingerprint density at radius 2 is 1.87 bits per heavy atom. The maximum absolute atomic E-state index is 5.62. The van der Waals surface area contributed by atoms with Gasteiger partial charge in [0.15, 0.2) is 11.5 Å². The third-order valence-corrected chi connectivity index (χ3v) is 2.00. The van der Waals surface area contributed by atoms with Crippen molar-refractivity contribution in [2.75, 3.05) is 14.2 Å². The van der Waals surface area contributed by atoms with Crippen molar-refractivity contribution in [3.63, 3.8) is 0 Å². The summed E-state index contributed by atoms with van der Waals surface area (Å²) in [5, 5.41) is 0. The second-order valence-corrected chi connectivity index (χ2v) is 3.33. The lowest BCUT2D eigenvalue weighted by Crippen LogP contribution is -2.09. The van der Waals surface area contributed by atoms with Crippen molar-refractivity contribution in [3.8, 4) is 11.5 Å². The van der Waals surface area contributed by atoms with Crippen LogP contribution < -0.4 is 15.2 Å². The van der Waals surface area contributed by atoms with Crippen molar-refractivity contribution in [1.82, 2.24) is 0 Å². The topological polar surface area (TPSA) is 44.5 Å². The Bertz CT molecular complexity index is 345. The first kappa shape index (κ1) is 11.6. The van der Waals surface area contributed by atoms with Gasteiger partial charge in [0.25, 0.3) is 0 Å². The average Bonchev–Trinajstić information content (AvgIpc) is 2.25. The van der Waals surface area contributed by atoms with Gasteiger partial charge in [-0.25, -0.2) is 0 Å². The monoisotopic (exact) mass is 207 g/mol. The molecule has 0 aliphatic carbocycles. The first-order valence-corrected chi connectivity index (χ1v) is 4.83. The predicted octanol–water partition coefficient (Wildman–Crippen LogP) is 2.06. The van der Waals surface area contributed by atoms with E-state index >= 15 is 0 Å². The zero-order valence-corrected chi connectivity index (χ0v) is 9.36. The molecule has 1 atom stereocenters. The molecule has 1 aromatic carbocycles. The highest BCUT2D eigenvalue weighted by molar-refractivity contribution is 5.56. The minimum atomic E-state index is 0.0538. The first-order valence-electron chi connectivity index (χ1n) is 4.83. The summed E-state index contributed by atoms with van der Waals surface area (Å²) in [5.74, 6) is 1.46. The van der Waals surface area contributed by atoms with Gasteiger partial charge in [-0.3, -0.25) is 0 Å². The Balaban J connectivity index is 2.93. The minimum Gasteiger partial charge on any atom is -0.493 e. The van der Waals surface area contributed by atoms with E-state index in [4.69, 9.17) is 15.2 Å². The summed E-state index contributed by atoms with van der Waals surface area (Å²) in [6, 6.07) is 5.80. The molecule has 0 heterocycles. The molecule has 1 unspecified atom stereocenters. The number of rotatable bonds is 4. The van der Waals surface area contributed by atoms with Gasteiger partial charge in [0.1, 0.15) is 0 Å². The largest absolute Gasteiger partial charge is 0.493 e. The Morgan fingerprint density at radius 3 is 2.40 bits per heavy atom. The Labute approximate surface area is 90.5 Å². The normalized spacial score (nSPS) is 12.8. The van der Waals surface area contributed by atoms with Crippen LogP contribution in [-0.2, 0) is 0 Å². The summed E-state index contributed by atoms with van der Waals surface area (Å²) in [5.41, 5.74) is 6.67. The van der Waals surface area contributed by atoms with E-state index in [1.54, 1.807) is 14.2 Å². The molecule has 0 saturated carbocycles. The van der Waals surface area contributed by atoms with Crippen LogP contribution in [0.15, 0.2) is 24.3 Å². The molecule has 2 N–H and O–H groups in total. The van der Waals surface area contributed by atoms with Crippen molar-refractivity contribution < 1.29 is 9.47 Å². The lowest BCUT2D eigenvalue weighted by Gasteiger charge is -2.07. The third kappa shape index (κ3) is 3.29. The standard InChI is InChI=1S/C12H17NO2/c1-9(13)4-5-10-6-7-11(14-2)12(8-10)15-3/h4-9H,13H2,1-3H3/b5-4+. The summed E-state index contributed by atoms with van der Waals surface area (Å²) < 4.78 is 10.3. The van der Waals surface area contributed by atoms with Crippen LogP contribution in [0.1, 0.15) is 12.5 Å². The molecule has 3 heteroatoms. The number of ether oxygens (including phenoxy) is 2. The van der Waals surface area contributed by atoms with Crippen molar-refractivity contribution in [3.05, 3.63) is 29.8 Å². The molecule has 0 saturated heterocycles. The summed E-state index contributed by atoms with van der Waals surface area (Å²) >= 11 is 0. The van der Waals surface area contributed by atoms with E-state index in [9.17, 15) is 0 Å². The lowest BCUT2D eigenvalue weighted by atomic mass is 10.1. The lowest BCUT2D eigenvalue weighted by molar-refractivity contribution is 0.355. The van der Waals surface area contributed by atoms with Gasteiger partial charge < -0.3 is 15.2 Å². The fourth-order valence-corrected chi connectivity index (χ4v) is 1.22. The summed E-state index contributed by atoms with van der Waals surface area (Å²) in [6.07, 6.45) is 3.90. The average molecular weight is 207 g/mol. The predicted molar refractivity (Wildman–Crippen MR) is 62.2 cm³/mol. The number of benzene rings is 1. The second-order valence-electron chi connectivity index (χ2n) is 3.33. The van der Waals surface area contributed by atoms with E-state index in [0.29, 0.717) is 0 Å². The van der Waals surface area contributed by atoms with Crippen LogP contribution in [0.4, 0.5) is 0 Å². The molecule has 0 aliphatic heterocycles. The van der Waals surface area contributed by atoms with Crippen LogP contribution in [0.25, 0.3) is 6.08 Å². The van der Waals surface area contributed by atoms with E-state index in [2.05, 4.69) is 0 Å². The van der Waals surface area contributed by atoms with E-state index < -0.39 is 0 Å². The Hall–Kier alpha value is -1.48. The van der Waals surface area contributed by atoms with E-state index in [1.807, 2.05) is 37.3 Å². The van der Waals surface area contributed by atoms with Gasteiger partial charge in [0.2, 0.25) is 0 Å². The van der Waals surface area contributed by atoms with Gasteiger partial charge in [-0.15, -0.1) is 0 Å². The molecule has 82 valence electrons. The third-order valence-electron chi connectivity index (χ3n) is 2.00. The highest BCUT2D eigenvalue weighted by Gasteiger charge is 2.02. The molecular formula is C12H17NO2. The first-order chi connectivity index (χ1) is 7.17. The smallest absolute Gasteiger partial charge is 0.161 e. The zero-order chi connectivity index (χ0) is 11.3. The van der Waals surface area contributed by atoms with Crippen LogP contribution in [0.3, 0.4) is 0 Å². The SMILES string of the molecule is COc1ccc(/C=C/C(C)N)cc1OC. The van der Waals surface area contributed by atoms with Crippen LogP contribution in [-0.4, -0.2) is 20.3 Å². The Morgan fingerprint density at radius 1 is 1.20 bits per heavy atom. The van der Waals surface area contributed by atoms with Crippen molar-refractivity contribution in [2.24, 2.45) is 5.73 Å². The molecule has 0 fully saturated rings. The van der Waals surface area contributed by atoms with E-state index in [-0.39, 0.29) is 6.04 Å². The highest BCUT2D eigenvalue weighted by Crippen LogP contribution is 2.27. The molecule has 0 bridgehead atoms. The van der Waals surface area contributed by atoms with Crippen molar-refractivity contribution >= 4 is 6.08 Å². The highest BCUT2D eigenvalue weighted by atomic mass is 16.5. The molecule has 0 amide bonds. The van der Waals surface area contributed by atoms with Crippen LogP contribution in [0.2, 0.25) is 0 Å². The molecule has 0 aromatic heterocycles. The molecule has 15 heavy (non-hydrogen) atoms. The fraction of sp³-hybridized carbons (Fsp3) is 0.333. The molecular weight excluding hydrogens is 190 g/mol. The number of hydrogen-bond acceptors (Lipinski definition) is 3. The zero-order valence-electron chi connectivity index (χ0n) is 9.36. The van der Waals surface area contributed by atoms with Gasteiger partial charge in [0, 0.05) is 6.04 Å². The van der Waals surface area contributed by atoms with Crippen LogP contribution in [0.5, 0.6) is 11.5 Å². The maximum Gasteiger partial charge on any atom is 0.161 e. The van der Waals surface area contributed by atoms with Gasteiger partial charge >= 0.3 is 0 Å². The Kier molecular flexibility index (Phi) is 4.18. The number of methoxy groups -OCH3 is 2. The van der Waals surface area contributed by atoms with Gasteiger partial charge in [-0.1, -0.05) is 18.2 Å². The second kappa shape index (κ2) is 5.41. The van der Waals surface area contributed by atoms with E-state index in [0.717, 1.165) is 17.1 Å². The summed E-state index contributed by atoms with van der Waals surface area (Å²) in [7, 11) is 3.24. The quantitative estimate of drug-likeness (QED) is 0.822. The molecule has 0 spiro atoms. The van der Waals surface area contributed by atoms with Crippen LogP contribution in [0, 0.1) is 0 Å². The minimum absolute atomic E-state index is 0.0538. The molecule has 1 aromatic rings. The van der Waals surface area contributed by atoms with E-state index in [1.165, 1.54) is 0 Å². The fourth-order valence-electron chi connectivity index (χ4n) is 1.22. The van der Waals surface area contributed by atoms with Gasteiger partial charge in [-0.2, -0.15) is 0 Å². The van der Waals surface area contributed by atoms with Crippen molar-refractivity contribution in [1.29, 1.82) is 0 Å². The van der Waals surface area contributed by atoms with Crippen LogP contribution >= 0.6 is 0 Å². The summed E-state index contributed by atoms with van der Waals surface area (Å²) in [6.45, 7) is 1.93. The molecule has 1 rings (SSSR count). The van der Waals surface area contributed by atoms with Crippen molar-refractivity contribution in [2.45, 2.75) is 13.0 Å². The molecule has 0 radical (unpaired) electrons. The maximum atomic E-state index is 5.62. The van der Waals surface area contributed by atoms with Gasteiger partial charge in [0.05, 0.1) is 14.2 Å². The molecule has 0 aliphatic rings. The van der Waals surface area contributed by atoms with Gasteiger partial charge in [-0.05, 0) is 24.6 Å². The summed E-state index contributed by atoms with van der Waals surface area (Å²) in [4.78, 5) is 0. The molecule has 3 nitrogen and oxygen atoms in total.